The molecule has 0 aliphatic carbocycles. The first kappa shape index (κ1) is 22.9. The molecule has 6 nitrogen and oxygen atoms in total. The van der Waals surface area contributed by atoms with Gasteiger partial charge < -0.3 is 9.80 Å². The molecule has 2 aromatic rings. The monoisotopic (exact) mass is 451 g/mol. The first-order valence-corrected chi connectivity index (χ1v) is 12.6. The fourth-order valence-electron chi connectivity index (χ4n) is 4.88. The van der Waals surface area contributed by atoms with Crippen molar-refractivity contribution in [3.05, 3.63) is 58.8 Å². The second kappa shape index (κ2) is 9.68. The molecule has 0 amide bonds. The van der Waals surface area contributed by atoms with E-state index in [2.05, 4.69) is 54.0 Å². The van der Waals surface area contributed by atoms with Crippen molar-refractivity contribution in [3.8, 4) is 0 Å². The Labute approximate surface area is 192 Å². The Morgan fingerprint density at radius 3 is 2.66 bits per heavy atom. The molecule has 0 saturated carbocycles. The minimum atomic E-state index is 0.242. The molecule has 0 N–H and O–H groups in total. The largest absolute Gasteiger partial charge is 0.370 e. The van der Waals surface area contributed by atoms with E-state index in [-0.39, 0.29) is 5.78 Å². The Bertz CT molecular complexity index is 1090. The number of likely N-dealkylation sites (tertiary alicyclic amines) is 1. The zero-order chi connectivity index (χ0) is 22.8. The van der Waals surface area contributed by atoms with Crippen molar-refractivity contribution in [3.63, 3.8) is 0 Å². The molecule has 4 heterocycles. The van der Waals surface area contributed by atoms with Crippen LogP contribution in [0.1, 0.15) is 43.8 Å². The summed E-state index contributed by atoms with van der Waals surface area (Å²) in [6.45, 7) is 12.0. The first-order valence-electron chi connectivity index (χ1n) is 11.5. The number of hydrogen-bond donors (Lipinski definition) is 0. The topological polar surface area (TPSA) is 53.7 Å². The number of aromatic nitrogens is 3. The summed E-state index contributed by atoms with van der Waals surface area (Å²) in [5.41, 5.74) is 6.53. The van der Waals surface area contributed by atoms with Crippen molar-refractivity contribution >= 4 is 25.7 Å². The lowest BCUT2D eigenvalue weighted by Crippen LogP contribution is -2.35. The minimum absolute atomic E-state index is 0.242. The highest BCUT2D eigenvalue weighted by atomic mass is 31.1. The van der Waals surface area contributed by atoms with E-state index in [1.165, 1.54) is 37.1 Å². The Morgan fingerprint density at radius 2 is 2.00 bits per heavy atom. The van der Waals surface area contributed by atoms with Gasteiger partial charge >= 0.3 is 0 Å². The van der Waals surface area contributed by atoms with Crippen LogP contribution in [0.25, 0.3) is 10.8 Å². The highest BCUT2D eigenvalue weighted by molar-refractivity contribution is 7.51. The highest BCUT2D eigenvalue weighted by Crippen LogP contribution is 2.44. The number of carbonyl (C=O) groups is 1. The maximum atomic E-state index is 11.5. The van der Waals surface area contributed by atoms with Crippen LogP contribution in [-0.4, -0.2) is 63.1 Å². The fraction of sp³-hybridized carbons (Fsp3) is 0.480. The lowest BCUT2D eigenvalue weighted by atomic mass is 9.87. The second-order valence-corrected chi connectivity index (χ2v) is 10.4. The summed E-state index contributed by atoms with van der Waals surface area (Å²) in [7, 11) is 2.59. The number of piperidine rings is 1. The van der Waals surface area contributed by atoms with Crippen LogP contribution in [0.5, 0.6) is 0 Å². The van der Waals surface area contributed by atoms with Crippen molar-refractivity contribution < 1.29 is 4.79 Å². The van der Waals surface area contributed by atoms with Gasteiger partial charge in [0.25, 0.3) is 0 Å². The molecule has 7 heteroatoms. The standard InChI is InChI=1S/C25H34N5OP/c1-6-29-10-7-20(8-11-29)21-13-17(2)25(28(5)16-21)32-24(9-12-31)22-14-23-19(4)26-18(3)15-30(23)27-22/h9,12-16,20,25,32H,6-8,10-11H2,1-5H3/b24-9-. The molecular weight excluding hydrogens is 417 g/mol. The number of aldehydes is 1. The summed E-state index contributed by atoms with van der Waals surface area (Å²) >= 11 is 0. The lowest BCUT2D eigenvalue weighted by molar-refractivity contribution is -0.104. The van der Waals surface area contributed by atoms with Gasteiger partial charge in [-0.05, 0) is 82.5 Å². The SMILES string of the molecule is CCN1CCC(C2=CN(C)C(P/C(=C\C=O)c3cc4c(C)nc(C)cn4n3)C(C)=C2)CC1. The number of likely N-dealkylation sites (N-methyl/N-ethyl adjacent to an activating group) is 1. The maximum absolute atomic E-state index is 11.5. The van der Waals surface area contributed by atoms with E-state index in [0.717, 1.165) is 40.7 Å². The third kappa shape index (κ3) is 4.72. The van der Waals surface area contributed by atoms with Gasteiger partial charge in [-0.1, -0.05) is 21.6 Å². The van der Waals surface area contributed by atoms with Crippen LogP contribution < -0.4 is 0 Å². The van der Waals surface area contributed by atoms with Crippen molar-refractivity contribution in [1.82, 2.24) is 24.4 Å². The van der Waals surface area contributed by atoms with Crippen LogP contribution in [0, 0.1) is 19.8 Å². The van der Waals surface area contributed by atoms with Gasteiger partial charge in [-0.2, -0.15) is 5.10 Å². The number of fused-ring (bicyclic) bond motifs is 1. The molecule has 2 atom stereocenters. The average Bonchev–Trinajstić information content (AvgIpc) is 3.19. The number of allylic oxidation sites excluding steroid dienone is 3. The van der Waals surface area contributed by atoms with Crippen molar-refractivity contribution in [2.75, 3.05) is 26.7 Å². The molecule has 1 fully saturated rings. The summed E-state index contributed by atoms with van der Waals surface area (Å²) in [6, 6.07) is 2.05. The maximum Gasteiger partial charge on any atom is 0.143 e. The van der Waals surface area contributed by atoms with Crippen molar-refractivity contribution in [2.45, 2.75) is 46.3 Å². The summed E-state index contributed by atoms with van der Waals surface area (Å²) < 4.78 is 1.88. The zero-order valence-electron chi connectivity index (χ0n) is 19.8. The van der Waals surface area contributed by atoms with Gasteiger partial charge in [-0.3, -0.25) is 9.78 Å². The predicted molar refractivity (Wildman–Crippen MR) is 133 cm³/mol. The number of aryl methyl sites for hydroxylation is 2. The molecule has 2 aliphatic rings. The number of carbonyl (C=O) groups excluding carboxylic acids is 1. The molecule has 4 rings (SSSR count). The van der Waals surface area contributed by atoms with Gasteiger partial charge in [0.15, 0.2) is 0 Å². The van der Waals surface area contributed by atoms with Gasteiger partial charge in [0, 0.05) is 18.6 Å². The third-order valence-electron chi connectivity index (χ3n) is 6.65. The second-order valence-electron chi connectivity index (χ2n) is 8.98. The van der Waals surface area contributed by atoms with Crippen LogP contribution in [0.3, 0.4) is 0 Å². The zero-order valence-corrected chi connectivity index (χ0v) is 20.8. The number of nitrogens with zero attached hydrogens (tertiary/aromatic N) is 5. The Balaban J connectivity index is 1.54. The predicted octanol–water partition coefficient (Wildman–Crippen LogP) is 4.40. The van der Waals surface area contributed by atoms with Crippen LogP contribution in [0.4, 0.5) is 0 Å². The van der Waals surface area contributed by atoms with E-state index < -0.39 is 0 Å². The van der Waals surface area contributed by atoms with E-state index >= 15 is 0 Å². The molecule has 0 aromatic carbocycles. The van der Waals surface area contributed by atoms with Crippen molar-refractivity contribution in [1.29, 1.82) is 0 Å². The van der Waals surface area contributed by atoms with Gasteiger partial charge in [-0.25, -0.2) is 4.52 Å². The molecule has 2 unspecified atom stereocenters. The van der Waals surface area contributed by atoms with Gasteiger partial charge in [-0.15, -0.1) is 0 Å². The molecule has 0 radical (unpaired) electrons. The molecule has 2 aliphatic heterocycles. The van der Waals surface area contributed by atoms with Crippen LogP contribution >= 0.6 is 8.58 Å². The molecule has 32 heavy (non-hydrogen) atoms. The van der Waals surface area contributed by atoms with E-state index in [1.807, 2.05) is 24.6 Å². The van der Waals surface area contributed by atoms with E-state index in [1.54, 1.807) is 6.08 Å². The molecular formula is C25H34N5OP. The smallest absolute Gasteiger partial charge is 0.143 e. The first-order chi connectivity index (χ1) is 15.4. The Hall–Kier alpha value is -2.30. The van der Waals surface area contributed by atoms with E-state index in [0.29, 0.717) is 14.5 Å². The summed E-state index contributed by atoms with van der Waals surface area (Å²) in [6.07, 6.45) is 11.7. The van der Waals surface area contributed by atoms with Gasteiger partial charge in [0.05, 0.1) is 34.6 Å². The van der Waals surface area contributed by atoms with Crippen LogP contribution in [-0.2, 0) is 4.79 Å². The fourth-order valence-corrected chi connectivity index (χ4v) is 6.19. The number of rotatable bonds is 6. The minimum Gasteiger partial charge on any atom is -0.370 e. The molecule has 0 spiro atoms. The Kier molecular flexibility index (Phi) is 6.92. The molecule has 0 bridgehead atoms. The summed E-state index contributed by atoms with van der Waals surface area (Å²) in [4.78, 5) is 20.9. The quantitative estimate of drug-likeness (QED) is 0.370. The van der Waals surface area contributed by atoms with Crippen LogP contribution in [0.2, 0.25) is 0 Å². The van der Waals surface area contributed by atoms with Crippen LogP contribution in [0.15, 0.2) is 41.8 Å². The highest BCUT2D eigenvalue weighted by Gasteiger charge is 2.27. The lowest BCUT2D eigenvalue weighted by Gasteiger charge is -2.37. The normalized spacial score (nSPS) is 21.5. The molecule has 2 aromatic heterocycles. The third-order valence-corrected chi connectivity index (χ3v) is 8.52. The number of hydrogen-bond acceptors (Lipinski definition) is 5. The average molecular weight is 452 g/mol. The molecule has 170 valence electrons. The van der Waals surface area contributed by atoms with E-state index in [4.69, 9.17) is 5.10 Å². The van der Waals surface area contributed by atoms with Crippen molar-refractivity contribution in [2.24, 2.45) is 5.92 Å². The Morgan fingerprint density at radius 1 is 1.25 bits per heavy atom. The van der Waals surface area contributed by atoms with Gasteiger partial charge in [0.1, 0.15) is 6.29 Å². The summed E-state index contributed by atoms with van der Waals surface area (Å²) in [5.74, 6) is 0.882. The summed E-state index contributed by atoms with van der Waals surface area (Å²) in [5, 5.41) is 5.76. The van der Waals surface area contributed by atoms with E-state index in [9.17, 15) is 4.79 Å². The van der Waals surface area contributed by atoms with Gasteiger partial charge in [0.2, 0.25) is 0 Å². The molecule has 1 saturated heterocycles.